The van der Waals surface area contributed by atoms with Gasteiger partial charge in [0.2, 0.25) is 0 Å². The van der Waals surface area contributed by atoms with Crippen LogP contribution in [-0.4, -0.2) is 24.0 Å². The van der Waals surface area contributed by atoms with Crippen LogP contribution in [0.4, 0.5) is 5.13 Å². The van der Waals surface area contributed by atoms with Crippen molar-refractivity contribution >= 4 is 34.0 Å². The normalized spacial score (nSPS) is 15.9. The van der Waals surface area contributed by atoms with Crippen molar-refractivity contribution in [2.45, 2.75) is 18.8 Å². The van der Waals surface area contributed by atoms with Crippen LogP contribution in [0.25, 0.3) is 0 Å². The maximum Gasteiger partial charge on any atom is 0.258 e. The fourth-order valence-electron chi connectivity index (χ4n) is 2.45. The highest BCUT2D eigenvalue weighted by Gasteiger charge is 2.19. The summed E-state index contributed by atoms with van der Waals surface area (Å²) in [6, 6.07) is 7.01. The van der Waals surface area contributed by atoms with E-state index in [0.29, 0.717) is 21.6 Å². The van der Waals surface area contributed by atoms with Crippen molar-refractivity contribution in [2.24, 2.45) is 0 Å². The summed E-state index contributed by atoms with van der Waals surface area (Å²) in [5.74, 6) is 0.335. The summed E-state index contributed by atoms with van der Waals surface area (Å²) in [5, 5.41) is 7.26. The van der Waals surface area contributed by atoms with Crippen molar-refractivity contribution in [3.63, 3.8) is 0 Å². The highest BCUT2D eigenvalue weighted by atomic mass is 35.5. The van der Waals surface area contributed by atoms with Crippen LogP contribution in [0.5, 0.6) is 0 Å². The number of anilines is 1. The summed E-state index contributed by atoms with van der Waals surface area (Å²) in [7, 11) is 0. The Balaban J connectivity index is 1.69. The number of nitrogens with one attached hydrogen (secondary N) is 2. The van der Waals surface area contributed by atoms with E-state index in [4.69, 9.17) is 11.6 Å². The maximum absolute atomic E-state index is 12.2. The van der Waals surface area contributed by atoms with Crippen LogP contribution in [0.3, 0.4) is 0 Å². The molecule has 2 heterocycles. The van der Waals surface area contributed by atoms with E-state index in [1.807, 2.05) is 6.20 Å². The number of hydrogen-bond donors (Lipinski definition) is 2. The van der Waals surface area contributed by atoms with Gasteiger partial charge in [0.25, 0.3) is 5.91 Å². The average Bonchev–Trinajstić information content (AvgIpc) is 2.97. The van der Waals surface area contributed by atoms with Gasteiger partial charge in [-0.25, -0.2) is 4.98 Å². The van der Waals surface area contributed by atoms with Crippen LogP contribution in [0, 0.1) is 0 Å². The molecule has 1 aliphatic heterocycles. The maximum atomic E-state index is 12.2. The van der Waals surface area contributed by atoms with Crippen molar-refractivity contribution in [3.05, 3.63) is 45.9 Å². The highest BCUT2D eigenvalue weighted by molar-refractivity contribution is 7.15. The second-order valence-electron chi connectivity index (χ2n) is 5.03. The molecule has 6 heteroatoms. The standard InChI is InChI=1S/C15H16ClN3OS/c16-12-4-2-1-3-11(12)14(20)19-15-18-9-13(21-15)10-5-7-17-8-6-10/h1-4,9-10,17H,5-8H2,(H,18,19,20). The van der Waals surface area contributed by atoms with Crippen molar-refractivity contribution in [3.8, 4) is 0 Å². The van der Waals surface area contributed by atoms with Gasteiger partial charge >= 0.3 is 0 Å². The van der Waals surface area contributed by atoms with Gasteiger partial charge in [0, 0.05) is 11.1 Å². The number of halogens is 1. The number of benzene rings is 1. The third-order valence-corrected chi connectivity index (χ3v) is 5.01. The Morgan fingerprint density at radius 2 is 2.10 bits per heavy atom. The molecule has 1 aromatic heterocycles. The zero-order valence-corrected chi connectivity index (χ0v) is 13.0. The monoisotopic (exact) mass is 321 g/mol. The highest BCUT2D eigenvalue weighted by Crippen LogP contribution is 2.32. The number of aromatic nitrogens is 1. The van der Waals surface area contributed by atoms with Gasteiger partial charge in [0.05, 0.1) is 10.6 Å². The molecule has 1 fully saturated rings. The molecule has 0 bridgehead atoms. The van der Waals surface area contributed by atoms with Crippen LogP contribution in [0.2, 0.25) is 5.02 Å². The molecule has 0 atom stereocenters. The van der Waals surface area contributed by atoms with E-state index in [1.54, 1.807) is 35.6 Å². The van der Waals surface area contributed by atoms with Gasteiger partial charge in [-0.1, -0.05) is 23.7 Å². The molecule has 2 N–H and O–H groups in total. The molecule has 0 spiro atoms. The lowest BCUT2D eigenvalue weighted by molar-refractivity contribution is 0.102. The largest absolute Gasteiger partial charge is 0.317 e. The fourth-order valence-corrected chi connectivity index (χ4v) is 3.65. The number of carbonyl (C=O) groups excluding carboxylic acids is 1. The summed E-state index contributed by atoms with van der Waals surface area (Å²) in [6.45, 7) is 2.09. The molecule has 1 amide bonds. The van der Waals surface area contributed by atoms with E-state index in [1.165, 1.54) is 4.88 Å². The zero-order valence-electron chi connectivity index (χ0n) is 11.4. The number of hydrogen-bond acceptors (Lipinski definition) is 4. The molecule has 21 heavy (non-hydrogen) atoms. The number of amides is 1. The third-order valence-electron chi connectivity index (χ3n) is 3.60. The first-order valence-electron chi connectivity index (χ1n) is 6.96. The average molecular weight is 322 g/mol. The molecule has 0 saturated carbocycles. The number of carbonyl (C=O) groups is 1. The van der Waals surface area contributed by atoms with Gasteiger partial charge in [0.15, 0.2) is 5.13 Å². The molecule has 1 aromatic carbocycles. The summed E-state index contributed by atoms with van der Waals surface area (Å²) < 4.78 is 0. The van der Waals surface area contributed by atoms with Gasteiger partial charge < -0.3 is 5.32 Å². The Morgan fingerprint density at radius 1 is 1.33 bits per heavy atom. The smallest absolute Gasteiger partial charge is 0.258 e. The minimum atomic E-state index is -0.216. The molecule has 1 saturated heterocycles. The molecular weight excluding hydrogens is 306 g/mol. The van der Waals surface area contributed by atoms with Gasteiger partial charge in [-0.3, -0.25) is 10.1 Å². The molecular formula is C15H16ClN3OS. The number of piperidine rings is 1. The minimum Gasteiger partial charge on any atom is -0.317 e. The Hall–Kier alpha value is -1.43. The molecule has 0 radical (unpaired) electrons. The van der Waals surface area contributed by atoms with E-state index in [-0.39, 0.29) is 5.91 Å². The number of thiazole rings is 1. The van der Waals surface area contributed by atoms with Crippen LogP contribution in [-0.2, 0) is 0 Å². The molecule has 0 unspecified atom stereocenters. The van der Waals surface area contributed by atoms with E-state index in [2.05, 4.69) is 15.6 Å². The lowest BCUT2D eigenvalue weighted by Gasteiger charge is -2.20. The van der Waals surface area contributed by atoms with Gasteiger partial charge in [-0.05, 0) is 44.0 Å². The lowest BCUT2D eigenvalue weighted by atomic mass is 9.97. The van der Waals surface area contributed by atoms with Crippen LogP contribution in [0.15, 0.2) is 30.5 Å². The molecule has 1 aliphatic rings. The summed E-state index contributed by atoms with van der Waals surface area (Å²) in [5.41, 5.74) is 0.470. The molecule has 4 nitrogen and oxygen atoms in total. The van der Waals surface area contributed by atoms with E-state index < -0.39 is 0 Å². The van der Waals surface area contributed by atoms with Gasteiger partial charge in [0.1, 0.15) is 0 Å². The topological polar surface area (TPSA) is 54.0 Å². The SMILES string of the molecule is O=C(Nc1ncc(C2CCNCC2)s1)c1ccccc1Cl. The number of rotatable bonds is 3. The lowest BCUT2D eigenvalue weighted by Crippen LogP contribution is -2.26. The van der Waals surface area contributed by atoms with Crippen LogP contribution < -0.4 is 10.6 Å². The first kappa shape index (κ1) is 14.5. The molecule has 0 aliphatic carbocycles. The third kappa shape index (κ3) is 3.43. The fraction of sp³-hybridized carbons (Fsp3) is 0.333. The van der Waals surface area contributed by atoms with Crippen LogP contribution in [0.1, 0.15) is 34.0 Å². The van der Waals surface area contributed by atoms with Crippen molar-refractivity contribution in [2.75, 3.05) is 18.4 Å². The van der Waals surface area contributed by atoms with Gasteiger partial charge in [-0.2, -0.15) is 0 Å². The first-order chi connectivity index (χ1) is 10.2. The molecule has 3 rings (SSSR count). The Morgan fingerprint density at radius 3 is 2.86 bits per heavy atom. The Labute approximate surface area is 132 Å². The molecule has 2 aromatic rings. The van der Waals surface area contributed by atoms with Crippen molar-refractivity contribution < 1.29 is 4.79 Å². The Bertz CT molecular complexity index is 637. The van der Waals surface area contributed by atoms with Gasteiger partial charge in [-0.15, -0.1) is 11.3 Å². The van der Waals surface area contributed by atoms with Crippen LogP contribution >= 0.6 is 22.9 Å². The van der Waals surface area contributed by atoms with Crippen molar-refractivity contribution in [1.29, 1.82) is 0 Å². The Kier molecular flexibility index (Phi) is 4.53. The quantitative estimate of drug-likeness (QED) is 0.909. The summed E-state index contributed by atoms with van der Waals surface area (Å²) in [4.78, 5) is 17.7. The second-order valence-corrected chi connectivity index (χ2v) is 6.50. The summed E-state index contributed by atoms with van der Waals surface area (Å²) in [6.07, 6.45) is 4.13. The molecule has 110 valence electrons. The number of nitrogens with zero attached hydrogens (tertiary/aromatic N) is 1. The second kappa shape index (κ2) is 6.56. The predicted molar refractivity (Wildman–Crippen MR) is 86.4 cm³/mol. The minimum absolute atomic E-state index is 0.216. The summed E-state index contributed by atoms with van der Waals surface area (Å²) >= 11 is 7.58. The van der Waals surface area contributed by atoms with E-state index >= 15 is 0 Å². The van der Waals surface area contributed by atoms with E-state index in [9.17, 15) is 4.79 Å². The van der Waals surface area contributed by atoms with E-state index in [0.717, 1.165) is 25.9 Å². The van der Waals surface area contributed by atoms with Crippen molar-refractivity contribution in [1.82, 2.24) is 10.3 Å². The first-order valence-corrected chi connectivity index (χ1v) is 8.16. The predicted octanol–water partition coefficient (Wildman–Crippen LogP) is 3.52. The zero-order chi connectivity index (χ0) is 14.7.